The fourth-order valence-electron chi connectivity index (χ4n) is 2.22. The summed E-state index contributed by atoms with van der Waals surface area (Å²) in [7, 11) is 2.13. The van der Waals surface area contributed by atoms with Gasteiger partial charge in [-0.2, -0.15) is 0 Å². The van der Waals surface area contributed by atoms with Gasteiger partial charge in [-0.25, -0.2) is 0 Å². The number of nitrogens with zero attached hydrogens (tertiary/aromatic N) is 1. The van der Waals surface area contributed by atoms with Crippen LogP contribution < -0.4 is 10.5 Å². The van der Waals surface area contributed by atoms with Crippen LogP contribution in [0.5, 0.6) is 5.75 Å². The van der Waals surface area contributed by atoms with Crippen LogP contribution in [0.1, 0.15) is 40.2 Å². The van der Waals surface area contributed by atoms with Crippen molar-refractivity contribution in [2.45, 2.75) is 52.7 Å². The molecule has 150 valence electrons. The maximum Gasteiger partial charge on any atom is 0.293 e. The molecule has 0 radical (unpaired) electrons. The number of hydrogen-bond donors (Lipinski definition) is 1. The van der Waals surface area contributed by atoms with Gasteiger partial charge in [-0.3, -0.25) is 10.5 Å². The molecule has 1 atom stereocenters. The highest BCUT2D eigenvalue weighted by Gasteiger charge is 2.17. The summed E-state index contributed by atoms with van der Waals surface area (Å²) < 4.78 is 15.5. The van der Waals surface area contributed by atoms with Gasteiger partial charge in [0.15, 0.2) is 0 Å². The van der Waals surface area contributed by atoms with Gasteiger partial charge in [0.05, 0.1) is 12.7 Å². The van der Waals surface area contributed by atoms with Gasteiger partial charge in [0.2, 0.25) is 0 Å². The lowest BCUT2D eigenvalue weighted by molar-refractivity contribution is -0.138. The van der Waals surface area contributed by atoms with Gasteiger partial charge >= 0.3 is 0 Å². The van der Waals surface area contributed by atoms with Gasteiger partial charge in [-0.1, -0.05) is 26.0 Å². The monoisotopic (exact) mass is 368 g/mol. The zero-order valence-corrected chi connectivity index (χ0v) is 17.2. The van der Waals surface area contributed by atoms with Crippen molar-refractivity contribution in [2.75, 3.05) is 33.5 Å². The Kier molecular flexibility index (Phi) is 12.7. The molecule has 0 saturated carbocycles. The van der Waals surface area contributed by atoms with Crippen molar-refractivity contribution < 1.29 is 19.0 Å². The van der Waals surface area contributed by atoms with E-state index < -0.39 is 0 Å². The number of morpholine rings is 1. The zero-order valence-electron chi connectivity index (χ0n) is 17.2. The maximum atomic E-state index is 9.60. The Morgan fingerprint density at radius 3 is 2.31 bits per heavy atom. The highest BCUT2D eigenvalue weighted by molar-refractivity contribution is 5.37. The fourth-order valence-corrected chi connectivity index (χ4v) is 2.22. The minimum atomic E-state index is -0.318. The minimum Gasteiger partial charge on any atom is -0.479 e. The lowest BCUT2D eigenvalue weighted by atomic mass is 10.1. The first-order valence-electron chi connectivity index (χ1n) is 9.17. The molecule has 26 heavy (non-hydrogen) atoms. The molecule has 1 aliphatic rings. The molecule has 0 unspecified atom stereocenters. The lowest BCUT2D eigenvalue weighted by Gasteiger charge is -2.30. The Balaban J connectivity index is 0.000000589. The molecule has 6 nitrogen and oxygen atoms in total. The molecule has 2 rings (SSSR count). The summed E-state index contributed by atoms with van der Waals surface area (Å²) in [5.74, 6) is 0.818. The van der Waals surface area contributed by atoms with E-state index in [0.717, 1.165) is 31.9 Å². The van der Waals surface area contributed by atoms with Crippen LogP contribution in [0, 0.1) is 0 Å². The molecule has 1 saturated heterocycles. The van der Waals surface area contributed by atoms with E-state index in [4.69, 9.17) is 15.2 Å². The first-order chi connectivity index (χ1) is 12.3. The third-order valence-electron chi connectivity index (χ3n) is 3.38. The lowest BCUT2D eigenvalue weighted by Crippen LogP contribution is -2.40. The summed E-state index contributed by atoms with van der Waals surface area (Å²) in [5.41, 5.74) is 6.27. The largest absolute Gasteiger partial charge is 0.479 e. The number of ether oxygens (including phenoxy) is 3. The van der Waals surface area contributed by atoms with Crippen LogP contribution >= 0.6 is 0 Å². The third kappa shape index (κ3) is 11.8. The van der Waals surface area contributed by atoms with E-state index in [9.17, 15) is 4.79 Å². The number of hydrogen-bond acceptors (Lipinski definition) is 6. The highest BCUT2D eigenvalue weighted by atomic mass is 16.5. The molecular weight excluding hydrogens is 332 g/mol. The predicted octanol–water partition coefficient (Wildman–Crippen LogP) is 2.84. The Morgan fingerprint density at radius 2 is 1.88 bits per heavy atom. The summed E-state index contributed by atoms with van der Waals surface area (Å²) in [5, 5.41) is 0. The highest BCUT2D eigenvalue weighted by Crippen LogP contribution is 2.15. The zero-order chi connectivity index (χ0) is 20.0. The van der Waals surface area contributed by atoms with Crippen LogP contribution in [0.2, 0.25) is 0 Å². The van der Waals surface area contributed by atoms with Crippen molar-refractivity contribution in [3.05, 3.63) is 29.8 Å². The number of benzene rings is 1. The summed E-state index contributed by atoms with van der Waals surface area (Å²) in [6.45, 7) is 13.0. The maximum absolute atomic E-state index is 9.60. The average Bonchev–Trinajstić information content (AvgIpc) is 2.58. The van der Waals surface area contributed by atoms with Crippen molar-refractivity contribution in [3.63, 3.8) is 0 Å². The Bertz CT molecular complexity index is 472. The van der Waals surface area contributed by atoms with E-state index in [1.54, 1.807) is 0 Å². The predicted molar refractivity (Wildman–Crippen MR) is 105 cm³/mol. The summed E-state index contributed by atoms with van der Waals surface area (Å²) >= 11 is 0. The number of rotatable bonds is 5. The molecule has 1 aromatic carbocycles. The quantitative estimate of drug-likeness (QED) is 0.636. The molecule has 0 amide bonds. The van der Waals surface area contributed by atoms with E-state index in [2.05, 4.69) is 28.8 Å². The summed E-state index contributed by atoms with van der Waals surface area (Å²) in [6, 6.07) is 8.05. The van der Waals surface area contributed by atoms with Gasteiger partial charge in [0.1, 0.15) is 18.1 Å². The molecule has 0 aromatic heterocycles. The van der Waals surface area contributed by atoms with Crippen LogP contribution in [0.15, 0.2) is 24.3 Å². The Morgan fingerprint density at radius 1 is 1.27 bits per heavy atom. The van der Waals surface area contributed by atoms with Gasteiger partial charge in [-0.05, 0) is 51.9 Å². The second-order valence-electron chi connectivity index (χ2n) is 6.74. The van der Waals surface area contributed by atoms with E-state index in [1.165, 1.54) is 5.56 Å². The Labute approximate surface area is 158 Å². The Hall–Kier alpha value is -1.63. The van der Waals surface area contributed by atoms with Gasteiger partial charge in [-0.15, -0.1) is 0 Å². The van der Waals surface area contributed by atoms with E-state index in [1.807, 2.05) is 46.8 Å². The number of carbonyl (C=O) groups excluding carboxylic acids is 1. The molecule has 6 heteroatoms. The van der Waals surface area contributed by atoms with Crippen molar-refractivity contribution in [3.8, 4) is 5.75 Å². The van der Waals surface area contributed by atoms with Crippen LogP contribution in [0.3, 0.4) is 0 Å². The number of carbonyl (C=O) groups is 1. The fraction of sp³-hybridized carbons (Fsp3) is 0.650. The molecule has 0 bridgehead atoms. The third-order valence-corrected chi connectivity index (χ3v) is 3.38. The topological polar surface area (TPSA) is 74.0 Å². The SMILES string of the molecule is CC.CC(C)(C)OC=O.CN1CCO[C@H](Cc2ccc(OCN)cc2)C1. The van der Waals surface area contributed by atoms with Crippen LogP contribution in [-0.2, 0) is 20.7 Å². The summed E-state index contributed by atoms with van der Waals surface area (Å²) in [4.78, 5) is 11.9. The van der Waals surface area contributed by atoms with Crippen LogP contribution in [0.25, 0.3) is 0 Å². The normalized spacial score (nSPS) is 17.1. The molecular formula is C20H36N2O4. The molecule has 0 aliphatic carbocycles. The summed E-state index contributed by atoms with van der Waals surface area (Å²) in [6.07, 6.45) is 1.25. The van der Waals surface area contributed by atoms with E-state index >= 15 is 0 Å². The molecule has 0 spiro atoms. The van der Waals surface area contributed by atoms with Gasteiger partial charge in [0.25, 0.3) is 6.47 Å². The molecule has 1 heterocycles. The minimum absolute atomic E-state index is 0.218. The second-order valence-corrected chi connectivity index (χ2v) is 6.74. The number of likely N-dealkylation sites (N-methyl/N-ethyl adjacent to an activating group) is 1. The average molecular weight is 369 g/mol. The molecule has 2 N–H and O–H groups in total. The first-order valence-corrected chi connectivity index (χ1v) is 9.17. The van der Waals surface area contributed by atoms with E-state index in [-0.39, 0.29) is 12.3 Å². The van der Waals surface area contributed by atoms with Crippen LogP contribution in [0.4, 0.5) is 0 Å². The molecule has 1 aliphatic heterocycles. The smallest absolute Gasteiger partial charge is 0.293 e. The molecule has 1 aromatic rings. The van der Waals surface area contributed by atoms with Crippen LogP contribution in [-0.4, -0.2) is 56.6 Å². The van der Waals surface area contributed by atoms with Crippen molar-refractivity contribution in [2.24, 2.45) is 5.73 Å². The van der Waals surface area contributed by atoms with Crippen molar-refractivity contribution in [1.82, 2.24) is 4.90 Å². The standard InChI is InChI=1S/C13H20N2O2.C5H10O2.C2H6/c1-15-6-7-16-13(9-15)8-11-2-4-12(5-3-11)17-10-14;1-5(2,3)7-4-6;1-2/h2-5,13H,6-10,14H2,1H3;4H,1-3H3;1-2H3/t13-;;/m1../s1. The van der Waals surface area contributed by atoms with Crippen molar-refractivity contribution in [1.29, 1.82) is 0 Å². The number of nitrogens with two attached hydrogens (primary N) is 1. The first kappa shape index (κ1) is 24.4. The molecule has 1 fully saturated rings. The second kappa shape index (κ2) is 13.6. The van der Waals surface area contributed by atoms with E-state index in [0.29, 0.717) is 12.6 Å². The van der Waals surface area contributed by atoms with Gasteiger partial charge in [0, 0.05) is 13.1 Å². The van der Waals surface area contributed by atoms with Gasteiger partial charge < -0.3 is 19.1 Å². The van der Waals surface area contributed by atoms with Crippen molar-refractivity contribution >= 4 is 6.47 Å².